The van der Waals surface area contributed by atoms with Gasteiger partial charge < -0.3 is 10.3 Å². The molecule has 2 N–H and O–H groups in total. The first-order chi connectivity index (χ1) is 4.88. The zero-order valence-electron chi connectivity index (χ0n) is 5.11. The summed E-state index contributed by atoms with van der Waals surface area (Å²) in [5.74, 6) is 0.556. The smallest absolute Gasteiger partial charge is 0.201 e. The van der Waals surface area contributed by atoms with Gasteiger partial charge in [-0.05, 0) is 6.07 Å². The van der Waals surface area contributed by atoms with Crippen molar-refractivity contribution in [2.24, 2.45) is 0 Å². The predicted octanol–water partition coefficient (Wildman–Crippen LogP) is 0.757. The van der Waals surface area contributed by atoms with Crippen LogP contribution in [0, 0.1) is 0 Å². The van der Waals surface area contributed by atoms with Crippen LogP contribution in [0.25, 0.3) is 11.4 Å². The number of hydrogen-bond donors (Lipinski definition) is 1. The van der Waals surface area contributed by atoms with E-state index in [1.165, 1.54) is 6.26 Å². The van der Waals surface area contributed by atoms with E-state index in [-0.39, 0.29) is 0 Å². The summed E-state index contributed by atoms with van der Waals surface area (Å²) in [7, 11) is 0. The SMILES string of the molecule is Nc1conc2nccc1-2. The van der Waals surface area contributed by atoms with Gasteiger partial charge in [0.25, 0.3) is 0 Å². The number of nitrogens with zero attached hydrogens (tertiary/aromatic N) is 2. The highest BCUT2D eigenvalue weighted by Crippen LogP contribution is 2.22. The summed E-state index contributed by atoms with van der Waals surface area (Å²) in [6, 6.07) is 1.80. The lowest BCUT2D eigenvalue weighted by Gasteiger charge is -1.95. The highest BCUT2D eigenvalue weighted by molar-refractivity contribution is 5.70. The van der Waals surface area contributed by atoms with Crippen molar-refractivity contribution >= 4 is 5.69 Å². The van der Waals surface area contributed by atoms with E-state index in [9.17, 15) is 0 Å². The summed E-state index contributed by atoms with van der Waals surface area (Å²) in [5, 5.41) is 3.64. The number of hydrogen-bond acceptors (Lipinski definition) is 4. The number of nitrogens with two attached hydrogens (primary N) is 1. The summed E-state index contributed by atoms with van der Waals surface area (Å²) in [6.07, 6.45) is 3.04. The van der Waals surface area contributed by atoms with Crippen molar-refractivity contribution in [2.45, 2.75) is 0 Å². The first kappa shape index (κ1) is 5.22. The van der Waals surface area contributed by atoms with Crippen molar-refractivity contribution in [3.05, 3.63) is 18.5 Å². The molecule has 2 rings (SSSR count). The molecule has 0 unspecified atom stereocenters. The molecule has 0 aromatic heterocycles. The molecule has 0 saturated heterocycles. The first-order valence-electron chi connectivity index (χ1n) is 2.82. The van der Waals surface area contributed by atoms with Crippen LogP contribution >= 0.6 is 0 Å². The van der Waals surface area contributed by atoms with Gasteiger partial charge in [0.05, 0.1) is 11.3 Å². The quantitative estimate of drug-likeness (QED) is 0.579. The molecule has 0 atom stereocenters. The summed E-state index contributed by atoms with van der Waals surface area (Å²) in [4.78, 5) is 3.89. The fourth-order valence-corrected chi connectivity index (χ4v) is 0.821. The zero-order chi connectivity index (χ0) is 6.97. The van der Waals surface area contributed by atoms with Crippen LogP contribution in [0.5, 0.6) is 0 Å². The van der Waals surface area contributed by atoms with Crippen molar-refractivity contribution in [2.75, 3.05) is 5.73 Å². The number of rotatable bonds is 0. The van der Waals surface area contributed by atoms with Gasteiger partial charge in [0.2, 0.25) is 5.82 Å². The fraction of sp³-hybridized carbons (Fsp3) is 0. The molecule has 0 radical (unpaired) electrons. The second-order valence-electron chi connectivity index (χ2n) is 1.95. The second kappa shape index (κ2) is 1.70. The number of nitrogen functional groups attached to an aromatic ring is 1. The molecule has 0 spiro atoms. The molecule has 0 bridgehead atoms. The van der Waals surface area contributed by atoms with Gasteiger partial charge in [0, 0.05) is 6.20 Å². The largest absolute Gasteiger partial charge is 0.396 e. The molecule has 2 heterocycles. The molecule has 0 aromatic rings. The van der Waals surface area contributed by atoms with Crippen molar-refractivity contribution < 1.29 is 4.52 Å². The summed E-state index contributed by atoms with van der Waals surface area (Å²) in [5.41, 5.74) is 6.94. The van der Waals surface area contributed by atoms with E-state index in [0.29, 0.717) is 11.5 Å². The van der Waals surface area contributed by atoms with Crippen LogP contribution in [0.2, 0.25) is 0 Å². The van der Waals surface area contributed by atoms with Gasteiger partial charge in [0.15, 0.2) is 0 Å². The van der Waals surface area contributed by atoms with Crippen LogP contribution < -0.4 is 5.73 Å². The molecule has 0 saturated carbocycles. The molecular weight excluding hydrogens is 130 g/mol. The third-order valence-electron chi connectivity index (χ3n) is 1.31. The molecule has 0 amide bonds. The van der Waals surface area contributed by atoms with Gasteiger partial charge in [-0.25, -0.2) is 4.98 Å². The lowest BCUT2D eigenvalue weighted by molar-refractivity contribution is 0.402. The molecule has 2 aliphatic rings. The lowest BCUT2D eigenvalue weighted by Crippen LogP contribution is -1.90. The maximum atomic E-state index is 5.53. The van der Waals surface area contributed by atoms with Crippen LogP contribution in [0.4, 0.5) is 5.69 Å². The normalized spacial score (nSPS) is 10.4. The average molecular weight is 135 g/mol. The third-order valence-corrected chi connectivity index (χ3v) is 1.31. The Morgan fingerprint density at radius 3 is 3.20 bits per heavy atom. The highest BCUT2D eigenvalue weighted by Gasteiger charge is 2.08. The topological polar surface area (TPSA) is 64.9 Å². The first-order valence-corrected chi connectivity index (χ1v) is 2.82. The molecule has 2 aliphatic heterocycles. The van der Waals surface area contributed by atoms with Crippen LogP contribution in [-0.4, -0.2) is 10.1 Å². The van der Waals surface area contributed by atoms with Crippen molar-refractivity contribution in [1.82, 2.24) is 10.1 Å². The minimum Gasteiger partial charge on any atom is -0.396 e. The van der Waals surface area contributed by atoms with Crippen molar-refractivity contribution in [1.29, 1.82) is 0 Å². The van der Waals surface area contributed by atoms with E-state index < -0.39 is 0 Å². The van der Waals surface area contributed by atoms with Gasteiger partial charge in [-0.2, -0.15) is 0 Å². The van der Waals surface area contributed by atoms with E-state index in [1.807, 2.05) is 0 Å². The molecule has 10 heavy (non-hydrogen) atoms. The molecule has 4 heteroatoms. The summed E-state index contributed by atoms with van der Waals surface area (Å²) >= 11 is 0. The van der Waals surface area contributed by atoms with E-state index >= 15 is 0 Å². The second-order valence-corrected chi connectivity index (χ2v) is 1.95. The molecule has 4 nitrogen and oxygen atoms in total. The minimum atomic E-state index is 0.556. The van der Waals surface area contributed by atoms with Crippen molar-refractivity contribution in [3.8, 4) is 11.4 Å². The van der Waals surface area contributed by atoms with E-state index in [0.717, 1.165) is 5.56 Å². The molecule has 0 aromatic carbocycles. The van der Waals surface area contributed by atoms with Gasteiger partial charge in [0.1, 0.15) is 6.26 Å². The Labute approximate surface area is 57.0 Å². The Bertz CT molecular complexity index is 317. The number of fused-ring (bicyclic) bond motifs is 1. The third kappa shape index (κ3) is 0.556. The summed E-state index contributed by atoms with van der Waals surface area (Å²) in [6.45, 7) is 0. The van der Waals surface area contributed by atoms with Crippen LogP contribution in [-0.2, 0) is 0 Å². The maximum absolute atomic E-state index is 5.53. The number of anilines is 1. The van der Waals surface area contributed by atoms with Crippen LogP contribution in [0.3, 0.4) is 0 Å². The standard InChI is InChI=1S/C6H5N3O/c7-5-3-10-9-6-4(5)1-2-8-6/h1-3H,7H2. The molecule has 0 fully saturated rings. The fourth-order valence-electron chi connectivity index (χ4n) is 0.821. The number of aromatic nitrogens is 2. The van der Waals surface area contributed by atoms with E-state index in [4.69, 9.17) is 5.73 Å². The predicted molar refractivity (Wildman–Crippen MR) is 35.3 cm³/mol. The van der Waals surface area contributed by atoms with Gasteiger partial charge >= 0.3 is 0 Å². The van der Waals surface area contributed by atoms with Gasteiger partial charge in [-0.3, -0.25) is 0 Å². The van der Waals surface area contributed by atoms with Crippen LogP contribution in [0.1, 0.15) is 0 Å². The Morgan fingerprint density at radius 2 is 2.40 bits per heavy atom. The van der Waals surface area contributed by atoms with E-state index in [1.54, 1.807) is 12.3 Å². The average Bonchev–Trinajstić information content (AvgIpc) is 2.36. The molecule has 0 aliphatic carbocycles. The van der Waals surface area contributed by atoms with Crippen molar-refractivity contribution in [3.63, 3.8) is 0 Å². The lowest BCUT2D eigenvalue weighted by atomic mass is 10.2. The van der Waals surface area contributed by atoms with Gasteiger partial charge in [-0.15, -0.1) is 0 Å². The highest BCUT2D eigenvalue weighted by atomic mass is 16.5. The van der Waals surface area contributed by atoms with Crippen LogP contribution in [0.15, 0.2) is 23.0 Å². The van der Waals surface area contributed by atoms with E-state index in [2.05, 4.69) is 14.7 Å². The molecule has 50 valence electrons. The monoisotopic (exact) mass is 135 g/mol. The Kier molecular flexibility index (Phi) is 0.887. The molecular formula is C6H5N3O. The summed E-state index contributed by atoms with van der Waals surface area (Å²) < 4.78 is 4.64. The van der Waals surface area contributed by atoms with Gasteiger partial charge in [-0.1, -0.05) is 5.16 Å². The Balaban J connectivity index is 2.80. The zero-order valence-corrected chi connectivity index (χ0v) is 5.11. The maximum Gasteiger partial charge on any atom is 0.201 e. The Hall–Kier alpha value is -1.58. The Morgan fingerprint density at radius 1 is 1.50 bits per heavy atom. The minimum absolute atomic E-state index is 0.556.